The molecule has 0 amide bonds. The molecule has 1 saturated heterocycles. The van der Waals surface area contributed by atoms with E-state index in [1.165, 1.54) is 44.3 Å². The second-order valence-electron chi connectivity index (χ2n) is 6.12. The zero-order valence-corrected chi connectivity index (χ0v) is 14.2. The summed E-state index contributed by atoms with van der Waals surface area (Å²) in [6, 6.07) is 4.83. The third-order valence-corrected chi connectivity index (χ3v) is 4.70. The van der Waals surface area contributed by atoms with Crippen LogP contribution in [0.5, 0.6) is 11.5 Å². The van der Waals surface area contributed by atoms with Crippen molar-refractivity contribution in [2.24, 2.45) is 0 Å². The number of hydrogen-bond acceptors (Lipinski definition) is 4. The fourth-order valence-corrected chi connectivity index (χ4v) is 3.50. The van der Waals surface area contributed by atoms with Gasteiger partial charge in [0.2, 0.25) is 0 Å². The van der Waals surface area contributed by atoms with E-state index < -0.39 is 0 Å². The molecule has 0 bridgehead atoms. The molecule has 2 N–H and O–H groups in total. The summed E-state index contributed by atoms with van der Waals surface area (Å²) in [4.78, 5) is 2.66. The Bertz CT molecular complexity index is 476. The lowest BCUT2D eigenvalue weighted by Gasteiger charge is -2.35. The molecule has 1 aromatic carbocycles. The summed E-state index contributed by atoms with van der Waals surface area (Å²) < 4.78 is 10.7. The molecule has 0 radical (unpaired) electrons. The molecule has 0 spiro atoms. The molecule has 4 nitrogen and oxygen atoms in total. The van der Waals surface area contributed by atoms with Crippen LogP contribution in [-0.2, 0) is 6.42 Å². The molecule has 1 unspecified atom stereocenters. The van der Waals surface area contributed by atoms with Gasteiger partial charge >= 0.3 is 0 Å². The third-order valence-electron chi connectivity index (χ3n) is 4.70. The van der Waals surface area contributed by atoms with Crippen molar-refractivity contribution in [1.29, 1.82) is 0 Å². The Morgan fingerprint density at radius 3 is 2.73 bits per heavy atom. The summed E-state index contributed by atoms with van der Waals surface area (Å²) in [5.41, 5.74) is 7.93. The van der Waals surface area contributed by atoms with Crippen LogP contribution >= 0.6 is 0 Å². The van der Waals surface area contributed by atoms with E-state index in [1.54, 1.807) is 14.2 Å². The van der Waals surface area contributed by atoms with Crippen molar-refractivity contribution < 1.29 is 9.47 Å². The number of methoxy groups -OCH3 is 2. The monoisotopic (exact) mass is 306 g/mol. The number of benzene rings is 1. The average molecular weight is 306 g/mol. The zero-order valence-electron chi connectivity index (χ0n) is 14.2. The van der Waals surface area contributed by atoms with Gasteiger partial charge in [-0.1, -0.05) is 13.3 Å². The lowest BCUT2D eigenvalue weighted by atomic mass is 9.99. The number of rotatable bonds is 7. The molecule has 22 heavy (non-hydrogen) atoms. The number of nitrogens with zero attached hydrogens (tertiary/aromatic N) is 1. The van der Waals surface area contributed by atoms with Crippen LogP contribution in [-0.4, -0.2) is 38.3 Å². The summed E-state index contributed by atoms with van der Waals surface area (Å²) in [5.74, 6) is 1.36. The van der Waals surface area contributed by atoms with Gasteiger partial charge in [0.05, 0.1) is 19.9 Å². The van der Waals surface area contributed by atoms with Crippen LogP contribution in [0.15, 0.2) is 12.1 Å². The van der Waals surface area contributed by atoms with Crippen molar-refractivity contribution in [1.82, 2.24) is 4.90 Å². The fourth-order valence-electron chi connectivity index (χ4n) is 3.50. The topological polar surface area (TPSA) is 47.7 Å². The van der Waals surface area contributed by atoms with Gasteiger partial charge in [-0.15, -0.1) is 0 Å². The Labute approximate surface area is 134 Å². The van der Waals surface area contributed by atoms with Crippen LogP contribution < -0.4 is 15.2 Å². The SMILES string of the molecule is CCC1CCCCN1CCCc1cc(N)c(OC)c(OC)c1. The number of nitrogen functional groups attached to an aromatic ring is 1. The smallest absolute Gasteiger partial charge is 0.183 e. The Morgan fingerprint density at radius 1 is 1.23 bits per heavy atom. The summed E-state index contributed by atoms with van der Waals surface area (Å²) >= 11 is 0. The van der Waals surface area contributed by atoms with Gasteiger partial charge in [0, 0.05) is 6.04 Å². The lowest BCUT2D eigenvalue weighted by molar-refractivity contribution is 0.142. The van der Waals surface area contributed by atoms with Crippen LogP contribution in [0.25, 0.3) is 0 Å². The third kappa shape index (κ3) is 4.07. The first-order valence-corrected chi connectivity index (χ1v) is 8.44. The van der Waals surface area contributed by atoms with Gasteiger partial charge in [-0.2, -0.15) is 0 Å². The largest absolute Gasteiger partial charge is 0.493 e. The van der Waals surface area contributed by atoms with Gasteiger partial charge in [0.1, 0.15) is 0 Å². The molecule has 1 aliphatic heterocycles. The van der Waals surface area contributed by atoms with E-state index in [-0.39, 0.29) is 0 Å². The number of hydrogen-bond donors (Lipinski definition) is 1. The molecule has 1 fully saturated rings. The number of aryl methyl sites for hydroxylation is 1. The summed E-state index contributed by atoms with van der Waals surface area (Å²) in [7, 11) is 3.27. The number of likely N-dealkylation sites (tertiary alicyclic amines) is 1. The average Bonchev–Trinajstić information content (AvgIpc) is 2.54. The van der Waals surface area contributed by atoms with E-state index in [1.807, 2.05) is 12.1 Å². The maximum absolute atomic E-state index is 6.05. The molecule has 124 valence electrons. The first kappa shape index (κ1) is 16.9. The standard InChI is InChI=1S/C18H30N2O2/c1-4-15-9-5-6-10-20(15)11-7-8-14-12-16(19)18(22-3)17(13-14)21-2/h12-13,15H,4-11,19H2,1-3H3. The molecule has 1 atom stereocenters. The summed E-state index contributed by atoms with van der Waals surface area (Å²) in [6.45, 7) is 4.73. The number of piperidine rings is 1. The van der Waals surface area contributed by atoms with E-state index in [9.17, 15) is 0 Å². The highest BCUT2D eigenvalue weighted by atomic mass is 16.5. The Morgan fingerprint density at radius 2 is 2.05 bits per heavy atom. The first-order valence-electron chi connectivity index (χ1n) is 8.44. The van der Waals surface area contributed by atoms with Crippen molar-refractivity contribution in [2.75, 3.05) is 33.0 Å². The molecule has 1 heterocycles. The van der Waals surface area contributed by atoms with Crippen LogP contribution in [0.1, 0.15) is 44.6 Å². The van der Waals surface area contributed by atoms with Crippen molar-refractivity contribution >= 4 is 5.69 Å². The Kier molecular flexibility index (Phi) is 6.37. The lowest BCUT2D eigenvalue weighted by Crippen LogP contribution is -2.39. The number of nitrogens with two attached hydrogens (primary N) is 1. The predicted octanol–water partition coefficient (Wildman–Crippen LogP) is 3.48. The van der Waals surface area contributed by atoms with Crippen molar-refractivity contribution in [2.45, 2.75) is 51.5 Å². The highest BCUT2D eigenvalue weighted by Gasteiger charge is 2.20. The Balaban J connectivity index is 1.92. The number of ether oxygens (including phenoxy) is 2. The predicted molar refractivity (Wildman–Crippen MR) is 91.8 cm³/mol. The molecule has 1 aromatic rings. The van der Waals surface area contributed by atoms with Crippen LogP contribution in [0.4, 0.5) is 5.69 Å². The van der Waals surface area contributed by atoms with Gasteiger partial charge in [0.15, 0.2) is 11.5 Å². The minimum Gasteiger partial charge on any atom is -0.493 e. The van der Waals surface area contributed by atoms with Crippen LogP contribution in [0.3, 0.4) is 0 Å². The zero-order chi connectivity index (χ0) is 15.9. The van der Waals surface area contributed by atoms with E-state index in [0.29, 0.717) is 11.4 Å². The maximum Gasteiger partial charge on any atom is 0.183 e. The van der Waals surface area contributed by atoms with Crippen LogP contribution in [0.2, 0.25) is 0 Å². The molecule has 4 heteroatoms. The molecule has 2 rings (SSSR count). The first-order chi connectivity index (χ1) is 10.7. The van der Waals surface area contributed by atoms with Gasteiger partial charge in [0.25, 0.3) is 0 Å². The van der Waals surface area contributed by atoms with Gasteiger partial charge < -0.3 is 20.1 Å². The van der Waals surface area contributed by atoms with Gasteiger partial charge in [-0.05, 0) is 62.9 Å². The molecular weight excluding hydrogens is 276 g/mol. The summed E-state index contributed by atoms with van der Waals surface area (Å²) in [6.07, 6.45) is 7.55. The molecular formula is C18H30N2O2. The highest BCUT2D eigenvalue weighted by Crippen LogP contribution is 2.34. The second-order valence-corrected chi connectivity index (χ2v) is 6.12. The van der Waals surface area contributed by atoms with E-state index in [2.05, 4.69) is 11.8 Å². The summed E-state index contributed by atoms with van der Waals surface area (Å²) in [5, 5.41) is 0. The van der Waals surface area contributed by atoms with Crippen molar-refractivity contribution in [3.05, 3.63) is 17.7 Å². The molecule has 0 saturated carbocycles. The normalized spacial score (nSPS) is 19.1. The van der Waals surface area contributed by atoms with Gasteiger partial charge in [-0.25, -0.2) is 0 Å². The highest BCUT2D eigenvalue weighted by molar-refractivity contribution is 5.62. The molecule has 0 aliphatic carbocycles. The van der Waals surface area contributed by atoms with Gasteiger partial charge in [-0.3, -0.25) is 0 Å². The fraction of sp³-hybridized carbons (Fsp3) is 0.667. The molecule has 0 aromatic heterocycles. The van der Waals surface area contributed by atoms with E-state index in [0.717, 1.165) is 24.6 Å². The minimum atomic E-state index is 0.633. The van der Waals surface area contributed by atoms with E-state index >= 15 is 0 Å². The van der Waals surface area contributed by atoms with Crippen LogP contribution in [0, 0.1) is 0 Å². The second kappa shape index (κ2) is 8.28. The number of anilines is 1. The van der Waals surface area contributed by atoms with Crippen molar-refractivity contribution in [3.8, 4) is 11.5 Å². The van der Waals surface area contributed by atoms with Crippen molar-refractivity contribution in [3.63, 3.8) is 0 Å². The molecule has 1 aliphatic rings. The van der Waals surface area contributed by atoms with E-state index in [4.69, 9.17) is 15.2 Å². The maximum atomic E-state index is 6.05. The Hall–Kier alpha value is -1.42. The minimum absolute atomic E-state index is 0.633. The quantitative estimate of drug-likeness (QED) is 0.783.